The summed E-state index contributed by atoms with van der Waals surface area (Å²) < 4.78 is 1.77. The summed E-state index contributed by atoms with van der Waals surface area (Å²) in [6.07, 6.45) is 3.29. The van der Waals surface area contributed by atoms with Crippen LogP contribution in [-0.2, 0) is 0 Å². The number of ketones is 1. The van der Waals surface area contributed by atoms with Crippen LogP contribution in [0, 0.1) is 6.92 Å². The van der Waals surface area contributed by atoms with Crippen LogP contribution < -0.4 is 0 Å². The first-order chi connectivity index (χ1) is 7.59. The molecule has 2 rings (SSSR count). The van der Waals surface area contributed by atoms with Crippen LogP contribution in [0.1, 0.15) is 21.5 Å². The van der Waals surface area contributed by atoms with Gasteiger partial charge in [-0.15, -0.1) is 11.3 Å². The van der Waals surface area contributed by atoms with E-state index in [1.54, 1.807) is 12.4 Å². The Balaban J connectivity index is 2.47. The van der Waals surface area contributed by atoms with Crippen molar-refractivity contribution in [3.05, 3.63) is 48.8 Å². The van der Waals surface area contributed by atoms with E-state index in [0.29, 0.717) is 11.1 Å². The highest BCUT2D eigenvalue weighted by atomic mass is 79.9. The number of hydrogen-bond acceptors (Lipinski definition) is 3. The molecule has 0 N–H and O–H groups in total. The van der Waals surface area contributed by atoms with Crippen LogP contribution in [0.2, 0.25) is 0 Å². The zero-order valence-corrected chi connectivity index (χ0v) is 12.3. The lowest BCUT2D eigenvalue weighted by Crippen LogP contribution is -2.03. The number of halogens is 2. The van der Waals surface area contributed by atoms with E-state index in [-0.39, 0.29) is 5.78 Å². The lowest BCUT2D eigenvalue weighted by molar-refractivity contribution is 0.103. The predicted octanol–water partition coefficient (Wildman–Crippen LogP) is 4.21. The third kappa shape index (κ3) is 2.26. The van der Waals surface area contributed by atoms with Crippen LogP contribution in [0.25, 0.3) is 0 Å². The molecule has 2 nitrogen and oxygen atoms in total. The van der Waals surface area contributed by atoms with Gasteiger partial charge in [0.1, 0.15) is 0 Å². The fourth-order valence-electron chi connectivity index (χ4n) is 1.34. The van der Waals surface area contributed by atoms with Crippen LogP contribution in [0.5, 0.6) is 0 Å². The van der Waals surface area contributed by atoms with Gasteiger partial charge in [-0.25, -0.2) is 0 Å². The topological polar surface area (TPSA) is 30.0 Å². The van der Waals surface area contributed by atoms with Crippen molar-refractivity contribution in [2.75, 3.05) is 0 Å². The number of pyridine rings is 1. The fraction of sp³-hybridized carbons (Fsp3) is 0.0909. The summed E-state index contributed by atoms with van der Waals surface area (Å²) in [5, 5.41) is 0. The van der Waals surface area contributed by atoms with E-state index >= 15 is 0 Å². The summed E-state index contributed by atoms with van der Waals surface area (Å²) in [7, 11) is 0. The molecule has 0 amide bonds. The lowest BCUT2D eigenvalue weighted by Gasteiger charge is -2.02. The van der Waals surface area contributed by atoms with Crippen molar-refractivity contribution in [3.63, 3.8) is 0 Å². The van der Waals surface area contributed by atoms with E-state index in [1.807, 2.05) is 19.1 Å². The molecule has 0 atom stereocenters. The molecule has 2 aromatic heterocycles. The van der Waals surface area contributed by atoms with Gasteiger partial charge in [0.15, 0.2) is 5.78 Å². The molecular weight excluding hydrogens is 354 g/mol. The second kappa shape index (κ2) is 4.77. The van der Waals surface area contributed by atoms with Crippen molar-refractivity contribution in [2.24, 2.45) is 0 Å². The van der Waals surface area contributed by atoms with Crippen molar-refractivity contribution < 1.29 is 4.79 Å². The molecule has 0 radical (unpaired) electrons. The number of aryl methyl sites for hydroxylation is 1. The number of carbonyl (C=O) groups excluding carboxylic acids is 1. The first kappa shape index (κ1) is 12.0. The lowest BCUT2D eigenvalue weighted by atomic mass is 10.0. The average Bonchev–Trinajstić information content (AvgIpc) is 2.58. The van der Waals surface area contributed by atoms with Gasteiger partial charge < -0.3 is 0 Å². The van der Waals surface area contributed by atoms with Crippen molar-refractivity contribution >= 4 is 49.0 Å². The van der Waals surface area contributed by atoms with Crippen LogP contribution in [0.15, 0.2) is 32.1 Å². The fourth-order valence-corrected chi connectivity index (χ4v) is 4.14. The maximum Gasteiger partial charge on any atom is 0.196 e. The molecule has 0 aliphatic heterocycles. The third-order valence-electron chi connectivity index (χ3n) is 2.19. The molecule has 0 saturated heterocycles. The van der Waals surface area contributed by atoms with Crippen LogP contribution >= 0.6 is 43.2 Å². The highest BCUT2D eigenvalue weighted by molar-refractivity contribution is 9.12. The Morgan fingerprint density at radius 1 is 1.38 bits per heavy atom. The average molecular weight is 361 g/mol. The standard InChI is InChI=1S/C11H7Br2NOS/c1-6-2-3-14-5-8(6)10(15)7-4-9(12)16-11(7)13/h2-5H,1H3. The van der Waals surface area contributed by atoms with Gasteiger partial charge in [-0.1, -0.05) is 0 Å². The number of aromatic nitrogens is 1. The second-order valence-electron chi connectivity index (χ2n) is 3.26. The van der Waals surface area contributed by atoms with Gasteiger partial charge in [0.2, 0.25) is 0 Å². The highest BCUT2D eigenvalue weighted by Gasteiger charge is 2.17. The monoisotopic (exact) mass is 359 g/mol. The minimum absolute atomic E-state index is 0.000532. The molecule has 2 aromatic rings. The van der Waals surface area contributed by atoms with Gasteiger partial charge in [0, 0.05) is 23.5 Å². The van der Waals surface area contributed by atoms with Crippen molar-refractivity contribution in [3.8, 4) is 0 Å². The van der Waals surface area contributed by atoms with E-state index in [9.17, 15) is 4.79 Å². The quantitative estimate of drug-likeness (QED) is 0.751. The van der Waals surface area contributed by atoms with E-state index in [2.05, 4.69) is 36.8 Å². The minimum atomic E-state index is -0.000532. The van der Waals surface area contributed by atoms with Crippen molar-refractivity contribution in [2.45, 2.75) is 6.92 Å². The van der Waals surface area contributed by atoms with Gasteiger partial charge in [0.05, 0.1) is 7.57 Å². The van der Waals surface area contributed by atoms with E-state index in [0.717, 1.165) is 13.1 Å². The Labute approximate surface area is 114 Å². The molecule has 2 heterocycles. The first-order valence-corrected chi connectivity index (χ1v) is 6.90. The molecule has 0 aliphatic carbocycles. The van der Waals surface area contributed by atoms with Crippen LogP contribution in [0.4, 0.5) is 0 Å². The number of hydrogen-bond donors (Lipinski definition) is 0. The van der Waals surface area contributed by atoms with Crippen LogP contribution in [0.3, 0.4) is 0 Å². The summed E-state index contributed by atoms with van der Waals surface area (Å²) in [5.41, 5.74) is 2.26. The molecule has 0 aromatic carbocycles. The molecule has 0 bridgehead atoms. The van der Waals surface area contributed by atoms with Crippen LogP contribution in [-0.4, -0.2) is 10.8 Å². The molecule has 0 unspecified atom stereocenters. The number of nitrogens with zero attached hydrogens (tertiary/aromatic N) is 1. The maximum atomic E-state index is 12.2. The first-order valence-electron chi connectivity index (χ1n) is 4.49. The Hall–Kier alpha value is -0.520. The molecule has 0 fully saturated rings. The molecule has 0 spiro atoms. The molecule has 16 heavy (non-hydrogen) atoms. The molecular formula is C11H7Br2NOS. The SMILES string of the molecule is Cc1ccncc1C(=O)c1cc(Br)sc1Br. The molecule has 0 aliphatic rings. The third-order valence-corrected chi connectivity index (χ3v) is 4.52. The Morgan fingerprint density at radius 2 is 2.12 bits per heavy atom. The van der Waals surface area contributed by atoms with Crippen molar-refractivity contribution in [1.29, 1.82) is 0 Å². The zero-order chi connectivity index (χ0) is 11.7. The molecule has 82 valence electrons. The maximum absolute atomic E-state index is 12.2. The number of carbonyl (C=O) groups is 1. The Bertz CT molecular complexity index is 551. The number of thiophene rings is 1. The van der Waals surface area contributed by atoms with Crippen molar-refractivity contribution in [1.82, 2.24) is 4.98 Å². The summed E-state index contributed by atoms with van der Waals surface area (Å²) in [4.78, 5) is 16.2. The van der Waals surface area contributed by atoms with E-state index in [1.165, 1.54) is 11.3 Å². The Morgan fingerprint density at radius 3 is 2.69 bits per heavy atom. The summed E-state index contributed by atoms with van der Waals surface area (Å²) in [6.45, 7) is 1.91. The molecule has 5 heteroatoms. The van der Waals surface area contributed by atoms with E-state index in [4.69, 9.17) is 0 Å². The number of rotatable bonds is 2. The van der Waals surface area contributed by atoms with Gasteiger partial charge in [0.25, 0.3) is 0 Å². The molecule has 0 saturated carbocycles. The smallest absolute Gasteiger partial charge is 0.196 e. The summed E-state index contributed by atoms with van der Waals surface area (Å²) >= 11 is 8.24. The second-order valence-corrected chi connectivity index (χ2v) is 7.01. The summed E-state index contributed by atoms with van der Waals surface area (Å²) in [5.74, 6) is -0.000532. The van der Waals surface area contributed by atoms with Gasteiger partial charge in [-0.3, -0.25) is 9.78 Å². The van der Waals surface area contributed by atoms with Gasteiger partial charge in [-0.05, 0) is 56.5 Å². The van der Waals surface area contributed by atoms with Gasteiger partial charge in [-0.2, -0.15) is 0 Å². The zero-order valence-electron chi connectivity index (χ0n) is 8.33. The van der Waals surface area contributed by atoms with E-state index < -0.39 is 0 Å². The Kier molecular flexibility index (Phi) is 3.56. The normalized spacial score (nSPS) is 10.4. The van der Waals surface area contributed by atoms with Gasteiger partial charge >= 0.3 is 0 Å². The predicted molar refractivity (Wildman–Crippen MR) is 72.1 cm³/mol. The largest absolute Gasteiger partial charge is 0.288 e. The summed E-state index contributed by atoms with van der Waals surface area (Å²) in [6, 6.07) is 3.66. The highest BCUT2D eigenvalue weighted by Crippen LogP contribution is 2.33. The minimum Gasteiger partial charge on any atom is -0.288 e.